The van der Waals surface area contributed by atoms with Gasteiger partial charge in [0.05, 0.1) is 4.92 Å². The van der Waals surface area contributed by atoms with Gasteiger partial charge in [0.25, 0.3) is 0 Å². The van der Waals surface area contributed by atoms with E-state index in [4.69, 9.17) is 5.84 Å². The summed E-state index contributed by atoms with van der Waals surface area (Å²) in [4.78, 5) is 13.2. The molecule has 3 N–H and O–H groups in total. The van der Waals surface area contributed by atoms with Crippen molar-refractivity contribution in [1.82, 2.24) is 0 Å². The lowest BCUT2D eigenvalue weighted by molar-refractivity contribution is -0.383. The van der Waals surface area contributed by atoms with Gasteiger partial charge < -0.3 is 10.3 Å². The van der Waals surface area contributed by atoms with Gasteiger partial charge in [-0.05, 0) is 37.8 Å². The third kappa shape index (κ3) is 2.85. The number of piperidine rings is 1. The predicted molar refractivity (Wildman–Crippen MR) is 80.8 cm³/mol. The second-order valence-corrected chi connectivity index (χ2v) is 5.21. The lowest BCUT2D eigenvalue weighted by Crippen LogP contribution is -2.39. The van der Waals surface area contributed by atoms with E-state index in [1.165, 1.54) is 6.42 Å². The van der Waals surface area contributed by atoms with Crippen LogP contribution in [0.1, 0.15) is 39.0 Å². The van der Waals surface area contributed by atoms with Crippen LogP contribution < -0.4 is 16.2 Å². The van der Waals surface area contributed by atoms with Crippen molar-refractivity contribution in [2.24, 2.45) is 5.84 Å². The number of hydrogen-bond acceptors (Lipinski definition) is 5. The second kappa shape index (κ2) is 6.56. The van der Waals surface area contributed by atoms with Crippen LogP contribution in [0.2, 0.25) is 0 Å². The zero-order chi connectivity index (χ0) is 14.5. The molecule has 0 aromatic heterocycles. The summed E-state index contributed by atoms with van der Waals surface area (Å²) >= 11 is 0. The number of para-hydroxylation sites is 1. The molecule has 2 rings (SSSR count). The fraction of sp³-hybridized carbons (Fsp3) is 0.571. The molecule has 1 aliphatic heterocycles. The molecule has 0 saturated carbocycles. The number of anilines is 2. The number of nitrogens with two attached hydrogens (primary N) is 1. The molecule has 0 spiro atoms. The molecule has 0 amide bonds. The molecule has 0 aliphatic carbocycles. The van der Waals surface area contributed by atoms with Gasteiger partial charge in [-0.15, -0.1) is 0 Å². The van der Waals surface area contributed by atoms with Gasteiger partial charge in [-0.1, -0.05) is 19.4 Å². The number of hydrogen-bond donors (Lipinski definition) is 2. The second-order valence-electron chi connectivity index (χ2n) is 5.21. The SMILES string of the molecule is CCCC1CCCCN1c1cccc(NN)c1[N+](=O)[O-]. The van der Waals surface area contributed by atoms with Crippen LogP contribution in [0.5, 0.6) is 0 Å². The fourth-order valence-electron chi connectivity index (χ4n) is 3.02. The Kier molecular flexibility index (Phi) is 4.79. The van der Waals surface area contributed by atoms with Crippen molar-refractivity contribution in [2.75, 3.05) is 16.9 Å². The number of nitrogen functional groups attached to an aromatic ring is 1. The van der Waals surface area contributed by atoms with Gasteiger partial charge >= 0.3 is 5.69 Å². The van der Waals surface area contributed by atoms with Crippen molar-refractivity contribution in [2.45, 2.75) is 45.1 Å². The summed E-state index contributed by atoms with van der Waals surface area (Å²) in [5.41, 5.74) is 3.57. The van der Waals surface area contributed by atoms with Crippen molar-refractivity contribution < 1.29 is 4.92 Å². The smallest absolute Gasteiger partial charge is 0.316 e. The fourth-order valence-corrected chi connectivity index (χ4v) is 3.02. The van der Waals surface area contributed by atoms with Crippen molar-refractivity contribution in [1.29, 1.82) is 0 Å². The molecule has 1 aromatic carbocycles. The molecule has 6 nitrogen and oxygen atoms in total. The minimum absolute atomic E-state index is 0.0815. The van der Waals surface area contributed by atoms with Crippen molar-refractivity contribution in [3.63, 3.8) is 0 Å². The van der Waals surface area contributed by atoms with Crippen molar-refractivity contribution in [3.8, 4) is 0 Å². The van der Waals surface area contributed by atoms with E-state index in [2.05, 4.69) is 17.2 Å². The van der Waals surface area contributed by atoms with Gasteiger partial charge in [0, 0.05) is 12.6 Å². The topological polar surface area (TPSA) is 84.4 Å². The van der Waals surface area contributed by atoms with Crippen LogP contribution in [-0.2, 0) is 0 Å². The Morgan fingerprint density at radius 1 is 1.50 bits per heavy atom. The van der Waals surface area contributed by atoms with Crippen molar-refractivity contribution in [3.05, 3.63) is 28.3 Å². The average molecular weight is 278 g/mol. The summed E-state index contributed by atoms with van der Waals surface area (Å²) in [6, 6.07) is 5.67. The highest BCUT2D eigenvalue weighted by molar-refractivity contribution is 5.77. The Bertz CT molecular complexity index is 476. The molecule has 1 aromatic rings. The first kappa shape index (κ1) is 14.6. The van der Waals surface area contributed by atoms with Crippen LogP contribution in [-0.4, -0.2) is 17.5 Å². The van der Waals surface area contributed by atoms with Gasteiger partial charge in [-0.3, -0.25) is 16.0 Å². The molecule has 1 aliphatic rings. The maximum absolute atomic E-state index is 11.4. The van der Waals surface area contributed by atoms with Gasteiger partial charge in [-0.25, -0.2) is 0 Å². The Balaban J connectivity index is 2.41. The predicted octanol–water partition coefficient (Wildman–Crippen LogP) is 3.04. The van der Waals surface area contributed by atoms with E-state index in [-0.39, 0.29) is 10.6 Å². The molecule has 6 heteroatoms. The summed E-state index contributed by atoms with van der Waals surface area (Å²) in [5.74, 6) is 5.41. The zero-order valence-corrected chi connectivity index (χ0v) is 11.8. The number of nitro benzene ring substituents is 1. The van der Waals surface area contributed by atoms with E-state index in [0.29, 0.717) is 17.4 Å². The molecule has 110 valence electrons. The van der Waals surface area contributed by atoms with Crippen LogP contribution in [0, 0.1) is 10.1 Å². The van der Waals surface area contributed by atoms with Crippen LogP contribution in [0.25, 0.3) is 0 Å². The number of hydrazine groups is 1. The monoisotopic (exact) mass is 278 g/mol. The quantitative estimate of drug-likeness (QED) is 0.491. The average Bonchev–Trinajstić information content (AvgIpc) is 2.47. The third-order valence-electron chi connectivity index (χ3n) is 3.91. The van der Waals surface area contributed by atoms with E-state index >= 15 is 0 Å². The zero-order valence-electron chi connectivity index (χ0n) is 11.8. The van der Waals surface area contributed by atoms with Crippen LogP contribution in [0.3, 0.4) is 0 Å². The number of nitrogens with zero attached hydrogens (tertiary/aromatic N) is 2. The lowest BCUT2D eigenvalue weighted by Gasteiger charge is -2.37. The Labute approximate surface area is 119 Å². The number of rotatable bonds is 5. The highest BCUT2D eigenvalue weighted by Crippen LogP contribution is 2.38. The lowest BCUT2D eigenvalue weighted by atomic mass is 9.97. The summed E-state index contributed by atoms with van der Waals surface area (Å²) in [5, 5.41) is 11.4. The van der Waals surface area contributed by atoms with Gasteiger partial charge in [-0.2, -0.15) is 0 Å². The van der Waals surface area contributed by atoms with Crippen LogP contribution in [0.4, 0.5) is 17.1 Å². The Morgan fingerprint density at radius 3 is 2.95 bits per heavy atom. The van der Waals surface area contributed by atoms with E-state index in [9.17, 15) is 10.1 Å². The molecule has 1 saturated heterocycles. The molecule has 1 atom stereocenters. The van der Waals surface area contributed by atoms with Gasteiger partial charge in [0.15, 0.2) is 0 Å². The van der Waals surface area contributed by atoms with E-state index in [1.807, 2.05) is 12.1 Å². The first-order valence-electron chi connectivity index (χ1n) is 7.19. The molecule has 1 heterocycles. The maximum atomic E-state index is 11.4. The normalized spacial score (nSPS) is 18.9. The highest BCUT2D eigenvalue weighted by Gasteiger charge is 2.29. The standard InChI is InChI=1S/C14H22N4O2/c1-2-6-11-7-3-4-10-17(11)13-9-5-8-12(16-15)14(13)18(19)20/h5,8-9,11,16H,2-4,6-7,10,15H2,1H3. The van der Waals surface area contributed by atoms with Gasteiger partial charge in [0.1, 0.15) is 11.4 Å². The van der Waals surface area contributed by atoms with Crippen molar-refractivity contribution >= 4 is 17.1 Å². The largest absolute Gasteiger partial charge is 0.363 e. The number of benzene rings is 1. The van der Waals surface area contributed by atoms with E-state index < -0.39 is 0 Å². The summed E-state index contributed by atoms with van der Waals surface area (Å²) in [6.45, 7) is 3.03. The molecule has 20 heavy (non-hydrogen) atoms. The number of nitrogens with one attached hydrogen (secondary N) is 1. The van der Waals surface area contributed by atoms with Gasteiger partial charge in [0.2, 0.25) is 0 Å². The molecule has 0 radical (unpaired) electrons. The van der Waals surface area contributed by atoms with E-state index in [0.717, 1.165) is 32.2 Å². The molecular formula is C14H22N4O2. The first-order chi connectivity index (χ1) is 9.69. The first-order valence-corrected chi connectivity index (χ1v) is 7.19. The highest BCUT2D eigenvalue weighted by atomic mass is 16.6. The van der Waals surface area contributed by atoms with Crippen LogP contribution >= 0.6 is 0 Å². The molecular weight excluding hydrogens is 256 g/mol. The minimum atomic E-state index is -0.345. The molecule has 0 bridgehead atoms. The Hall–Kier alpha value is -1.82. The Morgan fingerprint density at radius 2 is 2.30 bits per heavy atom. The van der Waals surface area contributed by atoms with E-state index in [1.54, 1.807) is 6.07 Å². The summed E-state index contributed by atoms with van der Waals surface area (Å²) in [7, 11) is 0. The molecule has 1 unspecified atom stereocenters. The summed E-state index contributed by atoms with van der Waals surface area (Å²) in [6.07, 6.45) is 5.54. The number of nitro groups is 1. The minimum Gasteiger partial charge on any atom is -0.363 e. The maximum Gasteiger partial charge on any atom is 0.316 e. The summed E-state index contributed by atoms with van der Waals surface area (Å²) < 4.78 is 0. The third-order valence-corrected chi connectivity index (χ3v) is 3.91. The van der Waals surface area contributed by atoms with Crippen LogP contribution in [0.15, 0.2) is 18.2 Å². The molecule has 1 fully saturated rings.